The summed E-state index contributed by atoms with van der Waals surface area (Å²) >= 11 is 7.38. The summed E-state index contributed by atoms with van der Waals surface area (Å²) in [5, 5.41) is 13.1. The number of benzene rings is 1. The third-order valence-corrected chi connectivity index (χ3v) is 3.53. The van der Waals surface area contributed by atoms with Gasteiger partial charge in [0, 0.05) is 13.7 Å². The van der Waals surface area contributed by atoms with E-state index < -0.39 is 5.97 Å². The van der Waals surface area contributed by atoms with E-state index in [0.717, 1.165) is 4.70 Å². The summed E-state index contributed by atoms with van der Waals surface area (Å²) in [6.07, 6.45) is 0. The second-order valence-corrected chi connectivity index (χ2v) is 4.99. The van der Waals surface area contributed by atoms with E-state index in [0.29, 0.717) is 28.8 Å². The van der Waals surface area contributed by atoms with E-state index in [9.17, 15) is 4.79 Å². The van der Waals surface area contributed by atoms with Gasteiger partial charge in [0.1, 0.15) is 5.52 Å². The number of hydrogen-bond donors (Lipinski definition) is 2. The van der Waals surface area contributed by atoms with Crippen LogP contribution in [0.2, 0.25) is 5.02 Å². The Balaban J connectivity index is 2.32. The Morgan fingerprint density at radius 3 is 3.06 bits per heavy atom. The second-order valence-electron chi connectivity index (χ2n) is 3.55. The number of ether oxygens (including phenoxy) is 1. The molecule has 0 radical (unpaired) electrons. The van der Waals surface area contributed by atoms with Crippen molar-refractivity contribution in [3.05, 3.63) is 22.7 Å². The normalized spacial score (nSPS) is 10.8. The maximum absolute atomic E-state index is 10.9. The quantitative estimate of drug-likeness (QED) is 0.827. The molecule has 0 saturated carbocycles. The van der Waals surface area contributed by atoms with E-state index in [1.807, 2.05) is 0 Å². The minimum atomic E-state index is -0.999. The Labute approximate surface area is 112 Å². The Hall–Kier alpha value is -1.37. The Morgan fingerprint density at radius 2 is 2.39 bits per heavy atom. The lowest BCUT2D eigenvalue weighted by Gasteiger charge is -1.99. The van der Waals surface area contributed by atoms with Gasteiger partial charge in [-0.1, -0.05) is 22.9 Å². The molecule has 0 saturated heterocycles. The molecule has 0 bridgehead atoms. The highest BCUT2D eigenvalue weighted by molar-refractivity contribution is 7.22. The van der Waals surface area contributed by atoms with E-state index in [1.54, 1.807) is 13.2 Å². The number of rotatable bonds is 5. The first-order valence-corrected chi connectivity index (χ1v) is 6.37. The maximum atomic E-state index is 10.9. The average molecular weight is 287 g/mol. The van der Waals surface area contributed by atoms with Gasteiger partial charge in [-0.3, -0.25) is 0 Å². The molecule has 2 N–H and O–H groups in total. The van der Waals surface area contributed by atoms with Crippen molar-refractivity contribution in [2.45, 2.75) is 0 Å². The highest BCUT2D eigenvalue weighted by atomic mass is 35.5. The molecular weight excluding hydrogens is 276 g/mol. The third kappa shape index (κ3) is 2.72. The Morgan fingerprint density at radius 1 is 1.61 bits per heavy atom. The zero-order valence-electron chi connectivity index (χ0n) is 9.57. The number of carbonyl (C=O) groups is 1. The Kier molecular flexibility index (Phi) is 4.00. The van der Waals surface area contributed by atoms with Gasteiger partial charge in [-0.15, -0.1) is 0 Å². The van der Waals surface area contributed by atoms with Crippen LogP contribution in [0.15, 0.2) is 12.1 Å². The van der Waals surface area contributed by atoms with Crippen LogP contribution in [0.1, 0.15) is 10.4 Å². The number of nitrogens with zero attached hydrogens (tertiary/aromatic N) is 1. The number of carboxylic acids is 1. The molecule has 2 rings (SSSR count). The maximum Gasteiger partial charge on any atom is 0.335 e. The molecule has 0 atom stereocenters. The number of anilines is 1. The molecule has 0 aliphatic carbocycles. The predicted octanol–water partition coefficient (Wildman–Crippen LogP) is 2.71. The molecule has 18 heavy (non-hydrogen) atoms. The number of halogens is 1. The molecular formula is C11H11ClN2O3S. The van der Waals surface area contributed by atoms with Crippen LogP contribution in [0.5, 0.6) is 0 Å². The first-order valence-electron chi connectivity index (χ1n) is 5.18. The summed E-state index contributed by atoms with van der Waals surface area (Å²) in [5.74, 6) is -0.999. The fourth-order valence-corrected chi connectivity index (χ4v) is 2.72. The zero-order valence-corrected chi connectivity index (χ0v) is 11.1. The van der Waals surface area contributed by atoms with E-state index in [2.05, 4.69) is 10.3 Å². The van der Waals surface area contributed by atoms with Gasteiger partial charge in [-0.05, 0) is 12.1 Å². The van der Waals surface area contributed by atoms with Gasteiger partial charge in [0.05, 0.1) is 21.9 Å². The number of fused-ring (bicyclic) bond motifs is 1. The Bertz CT molecular complexity index is 585. The van der Waals surface area contributed by atoms with E-state index in [4.69, 9.17) is 21.4 Å². The number of thiazole rings is 1. The van der Waals surface area contributed by atoms with Crippen LogP contribution >= 0.6 is 22.9 Å². The van der Waals surface area contributed by atoms with Crippen molar-refractivity contribution in [3.8, 4) is 0 Å². The summed E-state index contributed by atoms with van der Waals surface area (Å²) in [7, 11) is 1.62. The molecule has 2 aromatic rings. The topological polar surface area (TPSA) is 71.5 Å². The lowest BCUT2D eigenvalue weighted by atomic mass is 10.2. The lowest BCUT2D eigenvalue weighted by molar-refractivity contribution is 0.0697. The first kappa shape index (κ1) is 13.1. The van der Waals surface area contributed by atoms with Crippen molar-refractivity contribution < 1.29 is 14.6 Å². The average Bonchev–Trinajstić information content (AvgIpc) is 2.72. The molecule has 0 aliphatic heterocycles. The standard InChI is InChI=1S/C11H11ClN2O3S/c1-17-3-2-13-11-14-9-7(12)4-6(10(15)16)5-8(9)18-11/h4-5H,2-3H2,1H3,(H,13,14)(H,15,16). The van der Waals surface area contributed by atoms with E-state index in [-0.39, 0.29) is 5.56 Å². The lowest BCUT2D eigenvalue weighted by Crippen LogP contribution is -2.06. The highest BCUT2D eigenvalue weighted by Gasteiger charge is 2.12. The molecule has 0 aliphatic rings. The van der Waals surface area contributed by atoms with Crippen LogP contribution in [-0.2, 0) is 4.74 Å². The van der Waals surface area contributed by atoms with Crippen molar-refractivity contribution in [3.63, 3.8) is 0 Å². The van der Waals surface area contributed by atoms with Crippen molar-refractivity contribution in [2.75, 3.05) is 25.6 Å². The molecule has 0 spiro atoms. The van der Waals surface area contributed by atoms with Gasteiger partial charge in [0.15, 0.2) is 5.13 Å². The van der Waals surface area contributed by atoms with Crippen molar-refractivity contribution >= 4 is 44.3 Å². The van der Waals surface area contributed by atoms with Gasteiger partial charge in [0.2, 0.25) is 0 Å². The predicted molar refractivity (Wildman–Crippen MR) is 72.0 cm³/mol. The van der Waals surface area contributed by atoms with Crippen LogP contribution in [-0.4, -0.2) is 36.3 Å². The van der Waals surface area contributed by atoms with Crippen LogP contribution in [0, 0.1) is 0 Å². The zero-order chi connectivity index (χ0) is 13.1. The van der Waals surface area contributed by atoms with Crippen LogP contribution in [0.25, 0.3) is 10.2 Å². The van der Waals surface area contributed by atoms with Crippen molar-refractivity contribution in [2.24, 2.45) is 0 Å². The van der Waals surface area contributed by atoms with E-state index in [1.165, 1.54) is 17.4 Å². The molecule has 0 fully saturated rings. The smallest absolute Gasteiger partial charge is 0.335 e. The molecule has 96 valence electrons. The summed E-state index contributed by atoms with van der Waals surface area (Å²) in [6, 6.07) is 2.98. The largest absolute Gasteiger partial charge is 0.478 e. The minimum Gasteiger partial charge on any atom is -0.478 e. The van der Waals surface area contributed by atoms with Crippen molar-refractivity contribution in [1.82, 2.24) is 4.98 Å². The molecule has 1 aromatic heterocycles. The van der Waals surface area contributed by atoms with Gasteiger partial charge < -0.3 is 15.2 Å². The fourth-order valence-electron chi connectivity index (χ4n) is 1.45. The van der Waals surface area contributed by atoms with Gasteiger partial charge in [0.25, 0.3) is 0 Å². The monoisotopic (exact) mass is 286 g/mol. The van der Waals surface area contributed by atoms with Crippen molar-refractivity contribution in [1.29, 1.82) is 0 Å². The minimum absolute atomic E-state index is 0.166. The number of aromatic nitrogens is 1. The molecule has 0 amide bonds. The number of methoxy groups -OCH3 is 1. The van der Waals surface area contributed by atoms with Gasteiger partial charge >= 0.3 is 5.97 Å². The second kappa shape index (κ2) is 5.51. The first-order chi connectivity index (χ1) is 8.61. The van der Waals surface area contributed by atoms with Crippen LogP contribution in [0.3, 0.4) is 0 Å². The summed E-state index contributed by atoms with van der Waals surface area (Å²) in [6.45, 7) is 1.21. The summed E-state index contributed by atoms with van der Waals surface area (Å²) in [4.78, 5) is 15.2. The molecule has 5 nitrogen and oxygen atoms in total. The molecule has 1 heterocycles. The fraction of sp³-hybridized carbons (Fsp3) is 0.273. The SMILES string of the molecule is COCCNc1nc2c(Cl)cc(C(=O)O)cc2s1. The number of nitrogens with one attached hydrogen (secondary N) is 1. The third-order valence-electron chi connectivity index (χ3n) is 2.28. The van der Waals surface area contributed by atoms with Crippen LogP contribution in [0.4, 0.5) is 5.13 Å². The number of hydrogen-bond acceptors (Lipinski definition) is 5. The summed E-state index contributed by atoms with van der Waals surface area (Å²) in [5.41, 5.74) is 0.783. The molecule has 7 heteroatoms. The van der Waals surface area contributed by atoms with Gasteiger partial charge in [-0.2, -0.15) is 0 Å². The molecule has 1 aromatic carbocycles. The van der Waals surface area contributed by atoms with Crippen LogP contribution < -0.4 is 5.32 Å². The van der Waals surface area contributed by atoms with E-state index >= 15 is 0 Å². The highest BCUT2D eigenvalue weighted by Crippen LogP contribution is 2.32. The number of aromatic carboxylic acids is 1. The van der Waals surface area contributed by atoms with Gasteiger partial charge in [-0.25, -0.2) is 9.78 Å². The number of carboxylic acid groups (broad SMARTS) is 1. The molecule has 0 unspecified atom stereocenters. The summed E-state index contributed by atoms with van der Waals surface area (Å²) < 4.78 is 5.67.